The van der Waals surface area contributed by atoms with E-state index in [4.69, 9.17) is 23.2 Å². The molecule has 0 saturated heterocycles. The largest absolute Gasteiger partial charge is 0.308 e. The van der Waals surface area contributed by atoms with Crippen LogP contribution in [0.4, 0.5) is 4.39 Å². The van der Waals surface area contributed by atoms with E-state index in [-0.39, 0.29) is 17.2 Å². The van der Waals surface area contributed by atoms with Crippen LogP contribution in [-0.2, 0) is 6.54 Å². The molecular formula is C13H16Cl2FN. The van der Waals surface area contributed by atoms with Crippen molar-refractivity contribution < 1.29 is 4.39 Å². The van der Waals surface area contributed by atoms with Crippen molar-refractivity contribution in [3.05, 3.63) is 34.6 Å². The lowest BCUT2D eigenvalue weighted by Gasteiger charge is -2.28. The first-order valence-electron chi connectivity index (χ1n) is 5.99. The lowest BCUT2D eigenvalue weighted by atomic mass is 9.95. The molecule has 1 aromatic carbocycles. The van der Waals surface area contributed by atoms with E-state index < -0.39 is 0 Å². The molecule has 1 N–H and O–H groups in total. The Bertz CT molecular complexity index is 363. The average molecular weight is 276 g/mol. The Hall–Kier alpha value is -0.310. The van der Waals surface area contributed by atoms with Crippen LogP contribution >= 0.6 is 23.2 Å². The highest BCUT2D eigenvalue weighted by Crippen LogP contribution is 2.24. The maximum absolute atomic E-state index is 13.5. The Labute approximate surface area is 111 Å². The lowest BCUT2D eigenvalue weighted by molar-refractivity contribution is 0.376. The van der Waals surface area contributed by atoms with Gasteiger partial charge in [-0.15, -0.1) is 11.6 Å². The van der Waals surface area contributed by atoms with Gasteiger partial charge in [0.1, 0.15) is 5.82 Å². The quantitative estimate of drug-likeness (QED) is 0.819. The molecule has 94 valence electrons. The average Bonchev–Trinajstić information content (AvgIpc) is 2.30. The number of nitrogens with one attached hydrogen (secondary N) is 1. The molecule has 1 fully saturated rings. The topological polar surface area (TPSA) is 12.0 Å². The second kappa shape index (κ2) is 6.03. The highest BCUT2D eigenvalue weighted by molar-refractivity contribution is 6.31. The third kappa shape index (κ3) is 3.34. The molecule has 0 heterocycles. The zero-order chi connectivity index (χ0) is 12.3. The fourth-order valence-corrected chi connectivity index (χ4v) is 2.85. The van der Waals surface area contributed by atoms with Crippen molar-refractivity contribution in [2.45, 2.75) is 43.6 Å². The molecule has 0 amide bonds. The van der Waals surface area contributed by atoms with Gasteiger partial charge in [0.15, 0.2) is 0 Å². The van der Waals surface area contributed by atoms with Crippen molar-refractivity contribution in [2.24, 2.45) is 0 Å². The van der Waals surface area contributed by atoms with Crippen LogP contribution in [-0.4, -0.2) is 11.4 Å². The fraction of sp³-hybridized carbons (Fsp3) is 0.538. The molecule has 1 nitrogen and oxygen atoms in total. The summed E-state index contributed by atoms with van der Waals surface area (Å²) in [6.07, 6.45) is 4.46. The van der Waals surface area contributed by atoms with Crippen LogP contribution in [0, 0.1) is 5.82 Å². The van der Waals surface area contributed by atoms with E-state index in [1.807, 2.05) is 0 Å². The van der Waals surface area contributed by atoms with E-state index in [0.29, 0.717) is 17.1 Å². The minimum atomic E-state index is -0.257. The van der Waals surface area contributed by atoms with E-state index in [0.717, 1.165) is 12.8 Å². The van der Waals surface area contributed by atoms with E-state index in [2.05, 4.69) is 5.32 Å². The third-order valence-electron chi connectivity index (χ3n) is 3.28. The summed E-state index contributed by atoms with van der Waals surface area (Å²) < 4.78 is 13.5. The van der Waals surface area contributed by atoms with E-state index in [1.165, 1.54) is 18.9 Å². The molecule has 1 aliphatic carbocycles. The molecule has 1 aromatic rings. The maximum Gasteiger partial charge on any atom is 0.129 e. The number of benzene rings is 1. The first-order chi connectivity index (χ1) is 8.18. The van der Waals surface area contributed by atoms with Gasteiger partial charge in [0.2, 0.25) is 0 Å². The van der Waals surface area contributed by atoms with Gasteiger partial charge in [0.25, 0.3) is 0 Å². The summed E-state index contributed by atoms with van der Waals surface area (Å²) in [4.78, 5) is 0. The second-order valence-corrected chi connectivity index (χ2v) is 5.46. The monoisotopic (exact) mass is 275 g/mol. The minimum absolute atomic E-state index is 0.147. The van der Waals surface area contributed by atoms with Crippen molar-refractivity contribution >= 4 is 23.2 Å². The van der Waals surface area contributed by atoms with E-state index in [1.54, 1.807) is 12.1 Å². The standard InChI is InChI=1S/C13H16Cl2FN/c14-10-5-3-6-12(16)9(10)8-17-13-7-2-1-4-11(13)15/h3,5-6,11,13,17H,1-2,4,7-8H2. The molecular weight excluding hydrogens is 260 g/mol. The predicted octanol–water partition coefficient (Wildman–Crippen LogP) is 4.12. The van der Waals surface area contributed by atoms with Crippen molar-refractivity contribution in [1.29, 1.82) is 0 Å². The number of halogens is 3. The Balaban J connectivity index is 1.97. The first-order valence-corrected chi connectivity index (χ1v) is 6.80. The molecule has 2 rings (SSSR count). The van der Waals surface area contributed by atoms with Gasteiger partial charge in [-0.2, -0.15) is 0 Å². The molecule has 0 radical (unpaired) electrons. The Morgan fingerprint density at radius 3 is 2.76 bits per heavy atom. The number of alkyl halides is 1. The van der Waals surface area contributed by atoms with E-state index >= 15 is 0 Å². The molecule has 0 bridgehead atoms. The van der Waals surface area contributed by atoms with Gasteiger partial charge in [-0.05, 0) is 25.0 Å². The Kier molecular flexibility index (Phi) is 4.66. The van der Waals surface area contributed by atoms with Gasteiger partial charge in [0, 0.05) is 28.5 Å². The summed E-state index contributed by atoms with van der Waals surface area (Å²) >= 11 is 12.2. The van der Waals surface area contributed by atoms with Crippen LogP contribution in [0.25, 0.3) is 0 Å². The van der Waals surface area contributed by atoms with E-state index in [9.17, 15) is 4.39 Å². The SMILES string of the molecule is Fc1cccc(Cl)c1CNC1CCCCC1Cl. The third-order valence-corrected chi connectivity index (χ3v) is 4.16. The highest BCUT2D eigenvalue weighted by Gasteiger charge is 2.22. The molecule has 0 spiro atoms. The highest BCUT2D eigenvalue weighted by atomic mass is 35.5. The van der Waals surface area contributed by atoms with Gasteiger partial charge >= 0.3 is 0 Å². The summed E-state index contributed by atoms with van der Waals surface area (Å²) in [5.41, 5.74) is 0.531. The maximum atomic E-state index is 13.5. The minimum Gasteiger partial charge on any atom is -0.308 e. The summed E-state index contributed by atoms with van der Waals surface area (Å²) in [5, 5.41) is 3.93. The van der Waals surface area contributed by atoms with Crippen molar-refractivity contribution in [1.82, 2.24) is 5.32 Å². The fourth-order valence-electron chi connectivity index (χ4n) is 2.25. The van der Waals surface area contributed by atoms with Gasteiger partial charge < -0.3 is 5.32 Å². The van der Waals surface area contributed by atoms with Crippen molar-refractivity contribution in [3.63, 3.8) is 0 Å². The normalized spacial score (nSPS) is 24.9. The summed E-state index contributed by atoms with van der Waals surface area (Å²) in [6, 6.07) is 5.02. The lowest BCUT2D eigenvalue weighted by Crippen LogP contribution is -2.39. The Morgan fingerprint density at radius 1 is 1.29 bits per heavy atom. The zero-order valence-corrected chi connectivity index (χ0v) is 11.1. The summed E-state index contributed by atoms with van der Waals surface area (Å²) in [5.74, 6) is -0.257. The molecule has 1 saturated carbocycles. The molecule has 4 heteroatoms. The van der Waals surface area contributed by atoms with Crippen molar-refractivity contribution in [3.8, 4) is 0 Å². The molecule has 0 aliphatic heterocycles. The molecule has 0 aromatic heterocycles. The van der Waals surface area contributed by atoms with Gasteiger partial charge in [-0.1, -0.05) is 30.5 Å². The zero-order valence-electron chi connectivity index (χ0n) is 9.56. The Morgan fingerprint density at radius 2 is 2.06 bits per heavy atom. The van der Waals surface area contributed by atoms with Crippen LogP contribution in [0.1, 0.15) is 31.2 Å². The van der Waals surface area contributed by atoms with Crippen molar-refractivity contribution in [2.75, 3.05) is 0 Å². The smallest absolute Gasteiger partial charge is 0.129 e. The summed E-state index contributed by atoms with van der Waals surface area (Å²) in [7, 11) is 0. The molecule has 17 heavy (non-hydrogen) atoms. The van der Waals surface area contributed by atoms with Crippen LogP contribution in [0.15, 0.2) is 18.2 Å². The van der Waals surface area contributed by atoms with Gasteiger partial charge in [0.05, 0.1) is 0 Å². The predicted molar refractivity (Wildman–Crippen MR) is 70.1 cm³/mol. The molecule has 2 atom stereocenters. The second-order valence-electron chi connectivity index (χ2n) is 4.49. The van der Waals surface area contributed by atoms with Crippen LogP contribution in [0.5, 0.6) is 0 Å². The number of hydrogen-bond donors (Lipinski definition) is 1. The number of rotatable bonds is 3. The molecule has 1 aliphatic rings. The molecule has 2 unspecified atom stereocenters. The first kappa shape index (κ1) is 13.1. The summed E-state index contributed by atoms with van der Waals surface area (Å²) in [6.45, 7) is 0.444. The van der Waals surface area contributed by atoms with Gasteiger partial charge in [-0.25, -0.2) is 4.39 Å². The number of hydrogen-bond acceptors (Lipinski definition) is 1. The van der Waals surface area contributed by atoms with Crippen LogP contribution < -0.4 is 5.32 Å². The van der Waals surface area contributed by atoms with Crippen LogP contribution in [0.3, 0.4) is 0 Å². The van der Waals surface area contributed by atoms with Gasteiger partial charge in [-0.3, -0.25) is 0 Å². The van der Waals surface area contributed by atoms with Crippen LogP contribution in [0.2, 0.25) is 5.02 Å².